The van der Waals surface area contributed by atoms with Crippen LogP contribution in [0.1, 0.15) is 39.2 Å². The van der Waals surface area contributed by atoms with Crippen LogP contribution < -0.4 is 5.32 Å². The lowest BCUT2D eigenvalue weighted by molar-refractivity contribution is -0.157. The van der Waals surface area contributed by atoms with Crippen molar-refractivity contribution in [2.45, 2.75) is 51.3 Å². The summed E-state index contributed by atoms with van der Waals surface area (Å²) in [5.74, 6) is 0.177. The number of hydrogen-bond donors (Lipinski definition) is 1. The Morgan fingerprint density at radius 1 is 1.12 bits per heavy atom. The largest absolute Gasteiger partial charge is 0.360 e. The van der Waals surface area contributed by atoms with Crippen molar-refractivity contribution in [3.05, 3.63) is 35.9 Å². The highest BCUT2D eigenvalue weighted by Gasteiger charge is 2.48. The second-order valence-corrected chi connectivity index (χ2v) is 8.20. The highest BCUT2D eigenvalue weighted by molar-refractivity contribution is 5.87. The molecule has 5 heteroatoms. The number of rotatable bonds is 4. The molecule has 138 valence electrons. The van der Waals surface area contributed by atoms with E-state index >= 15 is 0 Å². The van der Waals surface area contributed by atoms with E-state index in [2.05, 4.69) is 60.2 Å². The Hall–Kier alpha value is -1.43. The molecule has 0 aromatic heterocycles. The molecule has 2 fully saturated rings. The van der Waals surface area contributed by atoms with Crippen molar-refractivity contribution in [2.75, 3.05) is 32.9 Å². The van der Waals surface area contributed by atoms with Crippen LogP contribution in [0.4, 0.5) is 0 Å². The van der Waals surface area contributed by atoms with Crippen molar-refractivity contribution in [2.24, 2.45) is 0 Å². The average Bonchev–Trinajstić information content (AvgIpc) is 2.58. The first-order valence-corrected chi connectivity index (χ1v) is 9.33. The molecule has 0 saturated carbocycles. The lowest BCUT2D eigenvalue weighted by Crippen LogP contribution is -2.68. The van der Waals surface area contributed by atoms with Crippen molar-refractivity contribution in [1.29, 1.82) is 0 Å². The van der Waals surface area contributed by atoms with E-state index in [-0.39, 0.29) is 11.5 Å². The molecule has 0 bridgehead atoms. The quantitative estimate of drug-likeness (QED) is 0.909. The Balaban J connectivity index is 1.64. The lowest BCUT2D eigenvalue weighted by atomic mass is 9.83. The summed E-state index contributed by atoms with van der Waals surface area (Å²) in [4.78, 5) is 17.5. The molecule has 0 aliphatic carbocycles. The fourth-order valence-corrected chi connectivity index (χ4v) is 3.75. The molecule has 2 saturated heterocycles. The van der Waals surface area contributed by atoms with Gasteiger partial charge in [0, 0.05) is 32.7 Å². The summed E-state index contributed by atoms with van der Waals surface area (Å²) in [5, 5.41) is 3.08. The van der Waals surface area contributed by atoms with Gasteiger partial charge in [-0.25, -0.2) is 0 Å². The van der Waals surface area contributed by atoms with Crippen LogP contribution in [0.3, 0.4) is 0 Å². The van der Waals surface area contributed by atoms with Crippen LogP contribution in [-0.2, 0) is 16.1 Å². The molecule has 3 rings (SSSR count). The summed E-state index contributed by atoms with van der Waals surface area (Å²) >= 11 is 0. The van der Waals surface area contributed by atoms with E-state index in [0.29, 0.717) is 13.3 Å². The van der Waals surface area contributed by atoms with Crippen LogP contribution in [0.2, 0.25) is 0 Å². The maximum Gasteiger partial charge on any atom is 0.240 e. The monoisotopic (exact) mass is 345 g/mol. The van der Waals surface area contributed by atoms with Gasteiger partial charge in [0.1, 0.15) is 12.3 Å². The molecule has 0 radical (unpaired) electrons. The van der Waals surface area contributed by atoms with Gasteiger partial charge in [-0.15, -0.1) is 0 Å². The van der Waals surface area contributed by atoms with E-state index in [1.165, 1.54) is 5.56 Å². The highest BCUT2D eigenvalue weighted by atomic mass is 16.5. The fraction of sp³-hybridized carbons (Fsp3) is 0.650. The minimum absolute atomic E-state index is 0.177. The van der Waals surface area contributed by atoms with Crippen molar-refractivity contribution in [3.63, 3.8) is 0 Å². The van der Waals surface area contributed by atoms with Gasteiger partial charge in [0.2, 0.25) is 5.91 Å². The van der Waals surface area contributed by atoms with Crippen LogP contribution in [0.15, 0.2) is 30.3 Å². The SMILES string of the molecule is CC(C)(C)OCN1CCNC(=O)C12CCN(Cc1ccccc1)CC2. The number of nitrogens with one attached hydrogen (secondary N) is 1. The third-order valence-corrected chi connectivity index (χ3v) is 5.28. The number of ether oxygens (including phenoxy) is 1. The van der Waals surface area contributed by atoms with Crippen LogP contribution in [0, 0.1) is 0 Å². The van der Waals surface area contributed by atoms with E-state index in [0.717, 1.165) is 39.0 Å². The predicted octanol–water partition coefficient (Wildman–Crippen LogP) is 2.23. The minimum Gasteiger partial charge on any atom is -0.360 e. The van der Waals surface area contributed by atoms with E-state index in [1.54, 1.807) is 0 Å². The third kappa shape index (κ3) is 4.40. The van der Waals surface area contributed by atoms with E-state index in [9.17, 15) is 4.79 Å². The van der Waals surface area contributed by atoms with Gasteiger partial charge in [-0.1, -0.05) is 30.3 Å². The number of carbonyl (C=O) groups is 1. The molecule has 2 heterocycles. The van der Waals surface area contributed by atoms with E-state index < -0.39 is 5.54 Å². The van der Waals surface area contributed by atoms with Gasteiger partial charge in [-0.05, 0) is 39.2 Å². The zero-order valence-electron chi connectivity index (χ0n) is 15.8. The molecule has 25 heavy (non-hydrogen) atoms. The number of likely N-dealkylation sites (tertiary alicyclic amines) is 1. The Morgan fingerprint density at radius 3 is 2.44 bits per heavy atom. The number of carbonyl (C=O) groups excluding carboxylic acids is 1. The number of amides is 1. The first-order valence-electron chi connectivity index (χ1n) is 9.33. The molecule has 1 amide bonds. The average molecular weight is 345 g/mol. The van der Waals surface area contributed by atoms with Gasteiger partial charge in [-0.2, -0.15) is 0 Å². The van der Waals surface area contributed by atoms with Crippen LogP contribution >= 0.6 is 0 Å². The van der Waals surface area contributed by atoms with Crippen LogP contribution in [0.5, 0.6) is 0 Å². The molecule has 1 aromatic carbocycles. The van der Waals surface area contributed by atoms with E-state index in [1.807, 2.05) is 6.07 Å². The van der Waals surface area contributed by atoms with Gasteiger partial charge in [0.25, 0.3) is 0 Å². The summed E-state index contributed by atoms with van der Waals surface area (Å²) in [7, 11) is 0. The van der Waals surface area contributed by atoms with Gasteiger partial charge < -0.3 is 10.1 Å². The molecule has 5 nitrogen and oxygen atoms in total. The van der Waals surface area contributed by atoms with Crippen molar-refractivity contribution in [3.8, 4) is 0 Å². The smallest absolute Gasteiger partial charge is 0.240 e. The maximum atomic E-state index is 12.7. The molecular formula is C20H31N3O2. The van der Waals surface area contributed by atoms with Gasteiger partial charge in [0.15, 0.2) is 0 Å². The number of benzene rings is 1. The normalized spacial score (nSPS) is 22.1. The summed E-state index contributed by atoms with van der Waals surface area (Å²) < 4.78 is 6.00. The maximum absolute atomic E-state index is 12.7. The Kier molecular flexibility index (Phi) is 5.46. The molecule has 1 N–H and O–H groups in total. The molecule has 2 aliphatic rings. The van der Waals surface area contributed by atoms with Gasteiger partial charge >= 0.3 is 0 Å². The van der Waals surface area contributed by atoms with Crippen molar-refractivity contribution in [1.82, 2.24) is 15.1 Å². The van der Waals surface area contributed by atoms with Crippen molar-refractivity contribution >= 4 is 5.91 Å². The predicted molar refractivity (Wildman–Crippen MR) is 99.1 cm³/mol. The van der Waals surface area contributed by atoms with Gasteiger partial charge in [0.05, 0.1) is 5.60 Å². The molecule has 2 aliphatic heterocycles. The molecular weight excluding hydrogens is 314 g/mol. The Morgan fingerprint density at radius 2 is 1.80 bits per heavy atom. The molecule has 0 atom stereocenters. The zero-order chi connectivity index (χ0) is 17.9. The van der Waals surface area contributed by atoms with E-state index in [4.69, 9.17) is 4.74 Å². The van der Waals surface area contributed by atoms with Crippen molar-refractivity contribution < 1.29 is 9.53 Å². The summed E-state index contributed by atoms with van der Waals surface area (Å²) in [6, 6.07) is 10.6. The minimum atomic E-state index is -0.406. The number of hydrogen-bond acceptors (Lipinski definition) is 4. The first kappa shape index (κ1) is 18.4. The molecule has 1 spiro atoms. The lowest BCUT2D eigenvalue weighted by Gasteiger charge is -2.50. The molecule has 0 unspecified atom stereocenters. The summed E-state index contributed by atoms with van der Waals surface area (Å²) in [6.45, 7) is 11.1. The molecule has 1 aromatic rings. The Bertz CT molecular complexity index is 574. The fourth-order valence-electron chi connectivity index (χ4n) is 3.75. The second kappa shape index (κ2) is 7.44. The number of piperidine rings is 1. The third-order valence-electron chi connectivity index (χ3n) is 5.28. The Labute approximate surface area is 151 Å². The topological polar surface area (TPSA) is 44.8 Å². The number of piperazine rings is 1. The first-order chi connectivity index (χ1) is 11.9. The summed E-state index contributed by atoms with van der Waals surface area (Å²) in [5.41, 5.74) is 0.735. The number of nitrogens with zero attached hydrogens (tertiary/aromatic N) is 2. The second-order valence-electron chi connectivity index (χ2n) is 8.20. The summed E-state index contributed by atoms with van der Waals surface area (Å²) in [6.07, 6.45) is 1.72. The van der Waals surface area contributed by atoms with Gasteiger partial charge in [-0.3, -0.25) is 14.6 Å². The van der Waals surface area contributed by atoms with Crippen LogP contribution in [-0.4, -0.2) is 59.8 Å². The standard InChI is InChI=1S/C20H31N3O2/c1-19(2,3)25-16-23-14-11-21-18(24)20(23)9-12-22(13-10-20)15-17-7-5-4-6-8-17/h4-8H,9-16H2,1-3H3,(H,21,24). The highest BCUT2D eigenvalue weighted by Crippen LogP contribution is 2.32. The zero-order valence-corrected chi connectivity index (χ0v) is 15.8. The van der Waals surface area contributed by atoms with Crippen LogP contribution in [0.25, 0.3) is 0 Å².